The van der Waals surface area contributed by atoms with Crippen molar-refractivity contribution in [1.29, 1.82) is 0 Å². The van der Waals surface area contributed by atoms with Crippen molar-refractivity contribution in [3.63, 3.8) is 0 Å². The third kappa shape index (κ3) is 9.53. The number of aliphatic carboxylic acids is 1. The van der Waals surface area contributed by atoms with Crippen molar-refractivity contribution in [2.24, 2.45) is 11.5 Å². The Kier molecular flexibility index (Phi) is 12.3. The summed E-state index contributed by atoms with van der Waals surface area (Å²) in [5, 5.41) is 14.5. The molecule has 0 saturated heterocycles. The van der Waals surface area contributed by atoms with E-state index in [1.165, 1.54) is 32.1 Å². The van der Waals surface area contributed by atoms with Crippen LogP contribution in [0.1, 0.15) is 81.6 Å². The summed E-state index contributed by atoms with van der Waals surface area (Å²) in [6.07, 6.45) is 7.82. The maximum absolute atomic E-state index is 13.3. The summed E-state index contributed by atoms with van der Waals surface area (Å²) < 4.78 is 1.89. The summed E-state index contributed by atoms with van der Waals surface area (Å²) in [6.45, 7) is 2.79. The number of nitrogens with one attached hydrogen (secondary N) is 2. The number of carboxylic acids is 1. The van der Waals surface area contributed by atoms with Gasteiger partial charge in [0.25, 0.3) is 5.91 Å². The third-order valence-corrected chi connectivity index (χ3v) is 6.34. The van der Waals surface area contributed by atoms with E-state index in [1.54, 1.807) is 6.07 Å². The molecule has 11 nitrogen and oxygen atoms in total. The van der Waals surface area contributed by atoms with Crippen molar-refractivity contribution < 1.29 is 29.1 Å². The molecule has 2 rings (SSSR count). The number of nitrogens with two attached hydrogens (primary N) is 2. The van der Waals surface area contributed by atoms with Crippen LogP contribution in [0.3, 0.4) is 0 Å². The summed E-state index contributed by atoms with van der Waals surface area (Å²) in [5.74, 6) is -4.81. The van der Waals surface area contributed by atoms with Gasteiger partial charge < -0.3 is 31.8 Å². The number of unbranched alkanes of at least 4 members (excludes halogenated alkanes) is 7. The number of hydrogen-bond acceptors (Lipinski definition) is 5. The van der Waals surface area contributed by atoms with Gasteiger partial charge in [-0.05, 0) is 18.6 Å². The van der Waals surface area contributed by atoms with E-state index < -0.39 is 54.5 Å². The molecule has 0 bridgehead atoms. The lowest BCUT2D eigenvalue weighted by Gasteiger charge is -2.21. The SMILES string of the molecule is CCCCCCCCCCn1c(C(=O)NC(CC(N)=O)C(=O)NC(CC(=O)O)C(N)=O)cc2ccccc21. The molecule has 2 atom stereocenters. The minimum atomic E-state index is -1.51. The molecule has 1 aromatic heterocycles. The number of aromatic nitrogens is 1. The van der Waals surface area contributed by atoms with E-state index >= 15 is 0 Å². The van der Waals surface area contributed by atoms with Gasteiger partial charge in [-0.25, -0.2) is 0 Å². The molecule has 4 amide bonds. The molecule has 0 saturated carbocycles. The second kappa shape index (κ2) is 15.4. The number of amides is 4. The molecule has 0 fully saturated rings. The maximum atomic E-state index is 13.3. The molecule has 0 radical (unpaired) electrons. The van der Waals surface area contributed by atoms with Crippen LogP contribution >= 0.6 is 0 Å². The molecular formula is C27H39N5O6. The quantitative estimate of drug-likeness (QED) is 0.184. The van der Waals surface area contributed by atoms with Crippen LogP contribution in [0.15, 0.2) is 30.3 Å². The van der Waals surface area contributed by atoms with E-state index in [-0.39, 0.29) is 0 Å². The molecule has 0 aliphatic carbocycles. The summed E-state index contributed by atoms with van der Waals surface area (Å²) in [4.78, 5) is 60.3. The molecule has 0 aliphatic heterocycles. The molecule has 2 unspecified atom stereocenters. The number of rotatable bonds is 18. The molecule has 38 heavy (non-hydrogen) atoms. The number of carbonyl (C=O) groups is 5. The molecule has 1 heterocycles. The monoisotopic (exact) mass is 529 g/mol. The number of carbonyl (C=O) groups excluding carboxylic acids is 4. The fraction of sp³-hybridized carbons (Fsp3) is 0.519. The number of fused-ring (bicyclic) bond motifs is 1. The van der Waals surface area contributed by atoms with Crippen LogP contribution in [0, 0.1) is 0 Å². The minimum absolute atomic E-state index is 0.313. The van der Waals surface area contributed by atoms with Gasteiger partial charge in [0.15, 0.2) is 0 Å². The average Bonchev–Trinajstić information content (AvgIpc) is 3.23. The summed E-state index contributed by atoms with van der Waals surface area (Å²) in [6, 6.07) is 6.31. The van der Waals surface area contributed by atoms with E-state index in [1.807, 2.05) is 28.8 Å². The zero-order valence-electron chi connectivity index (χ0n) is 21.9. The first kappa shape index (κ1) is 30.3. The zero-order chi connectivity index (χ0) is 28.1. The largest absolute Gasteiger partial charge is 0.481 e. The van der Waals surface area contributed by atoms with Gasteiger partial charge in [0.2, 0.25) is 17.7 Å². The molecular weight excluding hydrogens is 490 g/mol. The number of primary amides is 2. The molecule has 2 aromatic rings. The Morgan fingerprint density at radius 3 is 2.11 bits per heavy atom. The molecule has 208 valence electrons. The lowest BCUT2D eigenvalue weighted by atomic mass is 10.1. The predicted molar refractivity (Wildman–Crippen MR) is 143 cm³/mol. The molecule has 7 N–H and O–H groups in total. The summed E-state index contributed by atoms with van der Waals surface area (Å²) in [5.41, 5.74) is 11.6. The van der Waals surface area contributed by atoms with Crippen molar-refractivity contribution in [1.82, 2.24) is 15.2 Å². The molecule has 0 aliphatic rings. The van der Waals surface area contributed by atoms with Crippen molar-refractivity contribution in [3.8, 4) is 0 Å². The van der Waals surface area contributed by atoms with Gasteiger partial charge in [-0.1, -0.05) is 70.1 Å². The molecule has 0 spiro atoms. The van der Waals surface area contributed by atoms with Crippen LogP contribution in [0.25, 0.3) is 10.9 Å². The van der Waals surface area contributed by atoms with E-state index in [0.717, 1.165) is 30.2 Å². The first-order chi connectivity index (χ1) is 18.1. The first-order valence-electron chi connectivity index (χ1n) is 13.1. The topological polar surface area (TPSA) is 187 Å². The van der Waals surface area contributed by atoms with Gasteiger partial charge in [-0.3, -0.25) is 24.0 Å². The standard InChI is InChI=1S/C27H39N5O6/c1-2-3-4-5-6-7-8-11-14-32-21-13-10-9-12-18(21)15-22(32)27(38)31-20(16-23(28)33)26(37)30-19(25(29)36)17-24(34)35/h9-10,12-13,15,19-20H,2-8,11,14,16-17H2,1H3,(H2,28,33)(H2,29,36)(H,30,37)(H,31,38)(H,34,35). The van der Waals surface area contributed by atoms with E-state index in [2.05, 4.69) is 17.6 Å². The van der Waals surface area contributed by atoms with Crippen LogP contribution in [-0.2, 0) is 25.7 Å². The summed E-state index contributed by atoms with van der Waals surface area (Å²) >= 11 is 0. The Bertz CT molecular complexity index is 1130. The van der Waals surface area contributed by atoms with Gasteiger partial charge in [0.05, 0.1) is 12.8 Å². The van der Waals surface area contributed by atoms with Crippen LogP contribution in [0.5, 0.6) is 0 Å². The van der Waals surface area contributed by atoms with Gasteiger partial charge in [-0.2, -0.15) is 0 Å². The lowest BCUT2D eigenvalue weighted by molar-refractivity contribution is -0.140. The maximum Gasteiger partial charge on any atom is 0.305 e. The van der Waals surface area contributed by atoms with E-state index in [0.29, 0.717) is 12.2 Å². The second-order valence-electron chi connectivity index (χ2n) is 9.47. The highest BCUT2D eigenvalue weighted by molar-refractivity contribution is 6.02. The number of carboxylic acid groups (broad SMARTS) is 1. The van der Waals surface area contributed by atoms with E-state index in [4.69, 9.17) is 16.6 Å². The second-order valence-corrected chi connectivity index (χ2v) is 9.47. The van der Waals surface area contributed by atoms with Crippen molar-refractivity contribution in [2.45, 2.75) is 89.8 Å². The zero-order valence-corrected chi connectivity index (χ0v) is 21.9. The first-order valence-corrected chi connectivity index (χ1v) is 13.1. The Labute approximate surface area is 222 Å². The third-order valence-electron chi connectivity index (χ3n) is 6.34. The van der Waals surface area contributed by atoms with Crippen LogP contribution in [-0.4, -0.2) is 51.4 Å². The minimum Gasteiger partial charge on any atom is -0.481 e. The fourth-order valence-corrected chi connectivity index (χ4v) is 4.36. The highest BCUT2D eigenvalue weighted by atomic mass is 16.4. The van der Waals surface area contributed by atoms with Crippen molar-refractivity contribution >= 4 is 40.5 Å². The van der Waals surface area contributed by atoms with Crippen LogP contribution in [0.4, 0.5) is 0 Å². The average molecular weight is 530 g/mol. The Hall–Kier alpha value is -3.89. The van der Waals surface area contributed by atoms with Gasteiger partial charge in [0.1, 0.15) is 17.8 Å². The van der Waals surface area contributed by atoms with Gasteiger partial charge >= 0.3 is 5.97 Å². The lowest BCUT2D eigenvalue weighted by Crippen LogP contribution is -2.54. The normalized spacial score (nSPS) is 12.6. The van der Waals surface area contributed by atoms with Gasteiger partial charge in [0, 0.05) is 17.4 Å². The molecule has 11 heteroatoms. The Balaban J connectivity index is 2.15. The van der Waals surface area contributed by atoms with Crippen LogP contribution < -0.4 is 22.1 Å². The Morgan fingerprint density at radius 2 is 1.50 bits per heavy atom. The van der Waals surface area contributed by atoms with Crippen molar-refractivity contribution in [3.05, 3.63) is 36.0 Å². The van der Waals surface area contributed by atoms with Crippen molar-refractivity contribution in [2.75, 3.05) is 0 Å². The van der Waals surface area contributed by atoms with E-state index in [9.17, 15) is 24.0 Å². The highest BCUT2D eigenvalue weighted by Gasteiger charge is 2.29. The smallest absolute Gasteiger partial charge is 0.305 e. The number of para-hydroxylation sites is 1. The number of aryl methyl sites for hydroxylation is 1. The molecule has 1 aromatic carbocycles. The predicted octanol–water partition coefficient (Wildman–Crippen LogP) is 2.20. The number of benzene rings is 1. The Morgan fingerprint density at radius 1 is 0.868 bits per heavy atom. The summed E-state index contributed by atoms with van der Waals surface area (Å²) in [7, 11) is 0. The fourth-order valence-electron chi connectivity index (χ4n) is 4.36. The number of hydrogen-bond donors (Lipinski definition) is 5. The van der Waals surface area contributed by atoms with Crippen LogP contribution in [0.2, 0.25) is 0 Å². The van der Waals surface area contributed by atoms with Gasteiger partial charge in [-0.15, -0.1) is 0 Å². The number of nitrogens with zero attached hydrogens (tertiary/aromatic N) is 1. The highest BCUT2D eigenvalue weighted by Crippen LogP contribution is 2.21.